The SMILES string of the molecule is CC.CC(=O)Nc1ccc2c(c1)OCc1cnccc1-2. The van der Waals surface area contributed by atoms with Crippen LogP contribution in [0.4, 0.5) is 5.69 Å². The Labute approximate surface area is 118 Å². The topological polar surface area (TPSA) is 51.2 Å². The Morgan fingerprint density at radius 3 is 2.80 bits per heavy atom. The summed E-state index contributed by atoms with van der Waals surface area (Å²) in [6.07, 6.45) is 3.59. The van der Waals surface area contributed by atoms with Crippen molar-refractivity contribution in [2.75, 3.05) is 5.32 Å². The van der Waals surface area contributed by atoms with Crippen LogP contribution < -0.4 is 10.1 Å². The third-order valence-corrected chi connectivity index (χ3v) is 2.88. The quantitative estimate of drug-likeness (QED) is 0.861. The molecule has 2 aromatic rings. The number of carbonyl (C=O) groups excluding carboxylic acids is 1. The van der Waals surface area contributed by atoms with Crippen LogP contribution in [0.3, 0.4) is 0 Å². The average molecular weight is 270 g/mol. The molecule has 3 rings (SSSR count). The lowest BCUT2D eigenvalue weighted by molar-refractivity contribution is -0.114. The first kappa shape index (κ1) is 14.1. The number of benzene rings is 1. The molecule has 0 saturated heterocycles. The Balaban J connectivity index is 0.000000704. The molecule has 1 N–H and O–H groups in total. The van der Waals surface area contributed by atoms with Crippen molar-refractivity contribution in [3.05, 3.63) is 42.2 Å². The average Bonchev–Trinajstić information content (AvgIpc) is 2.48. The zero-order valence-corrected chi connectivity index (χ0v) is 11.9. The number of carbonyl (C=O) groups is 1. The summed E-state index contributed by atoms with van der Waals surface area (Å²) in [5.74, 6) is 0.704. The van der Waals surface area contributed by atoms with Crippen LogP contribution in [0.2, 0.25) is 0 Å². The minimum absolute atomic E-state index is 0.0876. The standard InChI is InChI=1S/C14H12N2O2.C2H6/c1-9(17)16-11-2-3-13-12-4-5-15-7-10(12)8-18-14(13)6-11;1-2/h2-7H,8H2,1H3,(H,16,17);1-2H3. The van der Waals surface area contributed by atoms with Gasteiger partial charge in [0.15, 0.2) is 0 Å². The highest BCUT2D eigenvalue weighted by Gasteiger charge is 2.17. The smallest absolute Gasteiger partial charge is 0.221 e. The van der Waals surface area contributed by atoms with Gasteiger partial charge in [0.1, 0.15) is 12.4 Å². The van der Waals surface area contributed by atoms with Gasteiger partial charge in [-0.2, -0.15) is 0 Å². The molecule has 0 atom stereocenters. The van der Waals surface area contributed by atoms with Crippen molar-refractivity contribution in [3.8, 4) is 16.9 Å². The van der Waals surface area contributed by atoms with E-state index in [2.05, 4.69) is 10.3 Å². The number of fused-ring (bicyclic) bond motifs is 3. The first-order valence-electron chi connectivity index (χ1n) is 6.72. The highest BCUT2D eigenvalue weighted by atomic mass is 16.5. The summed E-state index contributed by atoms with van der Waals surface area (Å²) >= 11 is 0. The number of ether oxygens (including phenoxy) is 1. The molecule has 20 heavy (non-hydrogen) atoms. The lowest BCUT2D eigenvalue weighted by atomic mass is 9.99. The third-order valence-electron chi connectivity index (χ3n) is 2.88. The maximum absolute atomic E-state index is 11.0. The van der Waals surface area contributed by atoms with Gasteiger partial charge in [0, 0.05) is 42.2 Å². The number of pyridine rings is 1. The molecule has 2 heterocycles. The largest absolute Gasteiger partial charge is 0.488 e. The van der Waals surface area contributed by atoms with E-state index in [4.69, 9.17) is 4.74 Å². The van der Waals surface area contributed by atoms with Gasteiger partial charge >= 0.3 is 0 Å². The van der Waals surface area contributed by atoms with Gasteiger partial charge in [-0.3, -0.25) is 9.78 Å². The molecule has 0 unspecified atom stereocenters. The predicted molar refractivity (Wildman–Crippen MR) is 79.7 cm³/mol. The van der Waals surface area contributed by atoms with E-state index in [1.807, 2.05) is 44.3 Å². The van der Waals surface area contributed by atoms with E-state index in [0.29, 0.717) is 6.61 Å². The molecule has 1 aliphatic rings. The van der Waals surface area contributed by atoms with Crippen molar-refractivity contribution < 1.29 is 9.53 Å². The Bertz CT molecular complexity index is 624. The molecule has 0 spiro atoms. The molecule has 0 fully saturated rings. The molecule has 1 amide bonds. The molecular formula is C16H18N2O2. The number of hydrogen-bond donors (Lipinski definition) is 1. The summed E-state index contributed by atoms with van der Waals surface area (Å²) in [6.45, 7) is 6.00. The highest BCUT2D eigenvalue weighted by molar-refractivity contribution is 5.90. The Kier molecular flexibility index (Phi) is 4.35. The van der Waals surface area contributed by atoms with Crippen molar-refractivity contribution in [2.24, 2.45) is 0 Å². The maximum Gasteiger partial charge on any atom is 0.221 e. The molecule has 4 heteroatoms. The lowest BCUT2D eigenvalue weighted by Gasteiger charge is -2.20. The summed E-state index contributed by atoms with van der Waals surface area (Å²) in [5.41, 5.74) is 4.00. The first-order chi connectivity index (χ1) is 9.74. The van der Waals surface area contributed by atoms with E-state index in [-0.39, 0.29) is 5.91 Å². The van der Waals surface area contributed by atoms with E-state index in [9.17, 15) is 4.79 Å². The van der Waals surface area contributed by atoms with E-state index < -0.39 is 0 Å². The molecule has 1 aromatic carbocycles. The summed E-state index contributed by atoms with van der Waals surface area (Å²) in [6, 6.07) is 7.66. The van der Waals surface area contributed by atoms with Gasteiger partial charge in [-0.15, -0.1) is 0 Å². The van der Waals surface area contributed by atoms with Crippen LogP contribution in [0.25, 0.3) is 11.1 Å². The number of anilines is 1. The van der Waals surface area contributed by atoms with E-state index in [1.165, 1.54) is 6.92 Å². The van der Waals surface area contributed by atoms with Crippen LogP contribution in [0, 0.1) is 0 Å². The minimum atomic E-state index is -0.0876. The predicted octanol–water partition coefficient (Wildman–Crippen LogP) is 3.63. The Morgan fingerprint density at radius 1 is 1.25 bits per heavy atom. The van der Waals surface area contributed by atoms with Gasteiger partial charge in [0.2, 0.25) is 5.91 Å². The van der Waals surface area contributed by atoms with Crippen LogP contribution in [0.1, 0.15) is 26.3 Å². The van der Waals surface area contributed by atoms with Crippen LogP contribution >= 0.6 is 0 Å². The fraction of sp³-hybridized carbons (Fsp3) is 0.250. The Hall–Kier alpha value is -2.36. The fourth-order valence-electron chi connectivity index (χ4n) is 2.11. The van der Waals surface area contributed by atoms with E-state index in [0.717, 1.165) is 28.1 Å². The number of nitrogens with zero attached hydrogens (tertiary/aromatic N) is 1. The van der Waals surface area contributed by atoms with Gasteiger partial charge in [0.25, 0.3) is 0 Å². The minimum Gasteiger partial charge on any atom is -0.488 e. The maximum atomic E-state index is 11.0. The summed E-state index contributed by atoms with van der Waals surface area (Å²) in [7, 11) is 0. The molecular weight excluding hydrogens is 252 g/mol. The molecule has 1 aliphatic heterocycles. The van der Waals surface area contributed by atoms with Gasteiger partial charge in [-0.25, -0.2) is 0 Å². The first-order valence-corrected chi connectivity index (χ1v) is 6.72. The van der Waals surface area contributed by atoms with Crippen LogP contribution in [0.15, 0.2) is 36.7 Å². The van der Waals surface area contributed by atoms with Crippen molar-refractivity contribution in [1.82, 2.24) is 4.98 Å². The van der Waals surface area contributed by atoms with Crippen LogP contribution in [-0.2, 0) is 11.4 Å². The number of hydrogen-bond acceptors (Lipinski definition) is 3. The van der Waals surface area contributed by atoms with Gasteiger partial charge < -0.3 is 10.1 Å². The molecule has 104 valence electrons. The number of rotatable bonds is 1. The van der Waals surface area contributed by atoms with Gasteiger partial charge in [-0.1, -0.05) is 13.8 Å². The summed E-state index contributed by atoms with van der Waals surface area (Å²) in [4.78, 5) is 15.1. The second kappa shape index (κ2) is 6.19. The van der Waals surface area contributed by atoms with E-state index in [1.54, 1.807) is 6.20 Å². The molecule has 0 bridgehead atoms. The lowest BCUT2D eigenvalue weighted by Crippen LogP contribution is -2.08. The highest BCUT2D eigenvalue weighted by Crippen LogP contribution is 2.38. The molecule has 1 aromatic heterocycles. The Morgan fingerprint density at radius 2 is 2.05 bits per heavy atom. The van der Waals surface area contributed by atoms with Gasteiger partial charge in [0.05, 0.1) is 0 Å². The summed E-state index contributed by atoms with van der Waals surface area (Å²) < 4.78 is 5.68. The molecule has 0 saturated carbocycles. The van der Waals surface area contributed by atoms with Crippen LogP contribution in [-0.4, -0.2) is 10.9 Å². The third kappa shape index (κ3) is 2.79. The fourth-order valence-corrected chi connectivity index (χ4v) is 2.11. The zero-order chi connectivity index (χ0) is 14.5. The monoisotopic (exact) mass is 270 g/mol. The molecule has 0 aliphatic carbocycles. The normalized spacial score (nSPS) is 11.2. The summed E-state index contributed by atoms with van der Waals surface area (Å²) in [5, 5.41) is 2.75. The second-order valence-electron chi connectivity index (χ2n) is 4.21. The van der Waals surface area contributed by atoms with Crippen molar-refractivity contribution >= 4 is 11.6 Å². The molecule has 4 nitrogen and oxygen atoms in total. The van der Waals surface area contributed by atoms with E-state index >= 15 is 0 Å². The molecule has 0 radical (unpaired) electrons. The van der Waals surface area contributed by atoms with Crippen molar-refractivity contribution in [3.63, 3.8) is 0 Å². The number of amides is 1. The number of nitrogens with one attached hydrogen (secondary N) is 1. The van der Waals surface area contributed by atoms with Crippen LogP contribution in [0.5, 0.6) is 5.75 Å². The van der Waals surface area contributed by atoms with Crippen molar-refractivity contribution in [2.45, 2.75) is 27.4 Å². The van der Waals surface area contributed by atoms with Gasteiger partial charge in [-0.05, 0) is 23.8 Å². The number of aromatic nitrogens is 1. The zero-order valence-electron chi connectivity index (χ0n) is 11.9. The van der Waals surface area contributed by atoms with Crippen molar-refractivity contribution in [1.29, 1.82) is 0 Å². The second-order valence-corrected chi connectivity index (χ2v) is 4.21.